The van der Waals surface area contributed by atoms with E-state index >= 15 is 0 Å². The largest absolute Gasteiger partial charge is 0.492 e. The number of esters is 1. The van der Waals surface area contributed by atoms with Gasteiger partial charge < -0.3 is 14.4 Å². The zero-order valence-electron chi connectivity index (χ0n) is 22.6. The summed E-state index contributed by atoms with van der Waals surface area (Å²) in [6.07, 6.45) is 8.28. The van der Waals surface area contributed by atoms with Crippen LogP contribution in [-0.4, -0.2) is 36.0 Å². The highest BCUT2D eigenvalue weighted by molar-refractivity contribution is 6.32. The summed E-state index contributed by atoms with van der Waals surface area (Å²) >= 11 is 6.79. The molecule has 0 aromatic heterocycles. The fourth-order valence-electron chi connectivity index (χ4n) is 6.75. The average molecular weight is 524 g/mol. The first-order chi connectivity index (χ1) is 17.8. The average Bonchev–Trinajstić information content (AvgIpc) is 2.90. The van der Waals surface area contributed by atoms with Crippen molar-refractivity contribution in [3.05, 3.63) is 50.0 Å². The third kappa shape index (κ3) is 4.76. The third-order valence-corrected chi connectivity index (χ3v) is 9.00. The fourth-order valence-corrected chi connectivity index (χ4v) is 7.03. The lowest BCUT2D eigenvalue weighted by molar-refractivity contribution is -0.142. The van der Waals surface area contributed by atoms with Crippen molar-refractivity contribution in [3.63, 3.8) is 0 Å². The van der Waals surface area contributed by atoms with Crippen molar-refractivity contribution in [2.24, 2.45) is 0 Å². The second kappa shape index (κ2) is 10.7. The molecule has 0 saturated heterocycles. The summed E-state index contributed by atoms with van der Waals surface area (Å²) in [5.74, 6) is 0.756. The Kier molecular flexibility index (Phi) is 7.53. The van der Waals surface area contributed by atoms with Gasteiger partial charge in [0, 0.05) is 12.6 Å². The predicted molar refractivity (Wildman–Crippen MR) is 146 cm³/mol. The molecule has 0 spiro atoms. The molecule has 2 heterocycles. The smallest absolute Gasteiger partial charge is 0.310 e. The lowest BCUT2D eigenvalue weighted by Gasteiger charge is -2.39. The van der Waals surface area contributed by atoms with Gasteiger partial charge in [0.05, 0.1) is 31.1 Å². The Morgan fingerprint density at radius 1 is 1.05 bits per heavy atom. The van der Waals surface area contributed by atoms with Crippen LogP contribution in [0.15, 0.2) is 6.07 Å². The number of rotatable bonds is 5. The number of hydrogen-bond acceptors (Lipinski definition) is 4. The normalized spacial score (nSPS) is 17.8. The molecule has 37 heavy (non-hydrogen) atoms. The van der Waals surface area contributed by atoms with Crippen molar-refractivity contribution in [3.8, 4) is 16.9 Å². The molecule has 2 aliphatic heterocycles. The molecule has 5 rings (SSSR count). The van der Waals surface area contributed by atoms with E-state index in [1.54, 1.807) is 0 Å². The van der Waals surface area contributed by atoms with Crippen molar-refractivity contribution in [2.45, 2.75) is 98.1 Å². The van der Waals surface area contributed by atoms with E-state index in [4.69, 9.17) is 21.1 Å². The maximum atomic E-state index is 13.4. The molecular weight excluding hydrogens is 486 g/mol. The van der Waals surface area contributed by atoms with E-state index in [9.17, 15) is 9.59 Å². The number of carbonyl (C=O) groups excluding carboxylic acids is 2. The maximum absolute atomic E-state index is 13.4. The predicted octanol–water partition coefficient (Wildman–Crippen LogP) is 6.58. The van der Waals surface area contributed by atoms with Crippen LogP contribution in [0, 0.1) is 20.8 Å². The molecule has 0 unspecified atom stereocenters. The fraction of sp³-hybridized carbons (Fsp3) is 0.548. The van der Waals surface area contributed by atoms with Crippen molar-refractivity contribution in [1.82, 2.24) is 4.90 Å². The van der Waals surface area contributed by atoms with Gasteiger partial charge in [-0.05, 0) is 110 Å². The van der Waals surface area contributed by atoms with Gasteiger partial charge in [-0.25, -0.2) is 0 Å². The summed E-state index contributed by atoms with van der Waals surface area (Å²) in [6.45, 7) is 9.85. The minimum absolute atomic E-state index is 0.175. The van der Waals surface area contributed by atoms with Crippen LogP contribution >= 0.6 is 11.6 Å². The SMILES string of the molecule is CCOC(=O)Cc1c(C)c2c(c(C)c1-c1cc(Cl)c3c(c1C)CCCO3)CN(C1CCCCC1)C(=O)C2. The van der Waals surface area contributed by atoms with Gasteiger partial charge in [0.25, 0.3) is 0 Å². The summed E-state index contributed by atoms with van der Waals surface area (Å²) in [4.78, 5) is 28.3. The van der Waals surface area contributed by atoms with Crippen LogP contribution in [0.1, 0.15) is 84.4 Å². The van der Waals surface area contributed by atoms with E-state index in [0.29, 0.717) is 37.2 Å². The molecule has 198 valence electrons. The zero-order chi connectivity index (χ0) is 26.3. The Balaban J connectivity index is 1.69. The van der Waals surface area contributed by atoms with Gasteiger partial charge in [-0.1, -0.05) is 30.9 Å². The highest BCUT2D eigenvalue weighted by atomic mass is 35.5. The lowest BCUT2D eigenvalue weighted by Crippen LogP contribution is -2.45. The summed E-state index contributed by atoms with van der Waals surface area (Å²) in [5, 5.41) is 0.617. The molecule has 5 nitrogen and oxygen atoms in total. The molecule has 0 N–H and O–H groups in total. The Hall–Kier alpha value is -2.53. The minimum atomic E-state index is -0.248. The van der Waals surface area contributed by atoms with E-state index in [1.165, 1.54) is 24.8 Å². The first kappa shape index (κ1) is 26.1. The van der Waals surface area contributed by atoms with Crippen molar-refractivity contribution >= 4 is 23.5 Å². The zero-order valence-corrected chi connectivity index (χ0v) is 23.4. The van der Waals surface area contributed by atoms with Crippen LogP contribution in [0.4, 0.5) is 0 Å². The standard InChI is InChI=1S/C31H38ClNO4/c1-5-36-29(35)16-25-19(3)23-15-28(34)33(21-10-7-6-8-11-21)17-26(23)20(4)30(25)24-14-27(32)31-22(18(24)2)12-9-13-37-31/h14,21H,5-13,15-17H2,1-4H3. The Morgan fingerprint density at radius 3 is 2.54 bits per heavy atom. The highest BCUT2D eigenvalue weighted by Crippen LogP contribution is 2.45. The summed E-state index contributed by atoms with van der Waals surface area (Å²) in [5.41, 5.74) is 9.87. The van der Waals surface area contributed by atoms with Gasteiger partial charge in [-0.2, -0.15) is 0 Å². The summed E-state index contributed by atoms with van der Waals surface area (Å²) in [6, 6.07) is 2.34. The summed E-state index contributed by atoms with van der Waals surface area (Å²) in [7, 11) is 0. The minimum Gasteiger partial charge on any atom is -0.492 e. The quantitative estimate of drug-likeness (QED) is 0.415. The molecule has 3 aliphatic rings. The molecule has 2 aromatic rings. The number of ether oxygens (including phenoxy) is 2. The first-order valence-corrected chi connectivity index (χ1v) is 14.2. The van der Waals surface area contributed by atoms with Crippen LogP contribution in [0.2, 0.25) is 5.02 Å². The van der Waals surface area contributed by atoms with E-state index in [1.807, 2.05) is 13.0 Å². The van der Waals surface area contributed by atoms with Crippen LogP contribution in [-0.2, 0) is 40.1 Å². The lowest BCUT2D eigenvalue weighted by atomic mass is 9.78. The van der Waals surface area contributed by atoms with Crippen molar-refractivity contribution in [1.29, 1.82) is 0 Å². The Morgan fingerprint density at radius 2 is 1.81 bits per heavy atom. The number of hydrogen-bond donors (Lipinski definition) is 0. The van der Waals surface area contributed by atoms with Crippen LogP contribution in [0.5, 0.6) is 5.75 Å². The second-order valence-corrected chi connectivity index (χ2v) is 11.2. The van der Waals surface area contributed by atoms with Gasteiger partial charge >= 0.3 is 5.97 Å². The van der Waals surface area contributed by atoms with Gasteiger partial charge in [-0.3, -0.25) is 9.59 Å². The van der Waals surface area contributed by atoms with E-state index in [-0.39, 0.29) is 18.3 Å². The highest BCUT2D eigenvalue weighted by Gasteiger charge is 2.34. The van der Waals surface area contributed by atoms with Gasteiger partial charge in [0.2, 0.25) is 5.91 Å². The number of fused-ring (bicyclic) bond motifs is 2. The van der Waals surface area contributed by atoms with Crippen LogP contribution < -0.4 is 4.74 Å². The van der Waals surface area contributed by atoms with E-state index in [2.05, 4.69) is 25.7 Å². The molecule has 0 atom stereocenters. The van der Waals surface area contributed by atoms with Crippen LogP contribution in [0.3, 0.4) is 0 Å². The monoisotopic (exact) mass is 523 g/mol. The topological polar surface area (TPSA) is 55.8 Å². The Bertz CT molecular complexity index is 1240. The third-order valence-electron chi connectivity index (χ3n) is 8.72. The molecule has 0 bridgehead atoms. The molecule has 1 fully saturated rings. The molecular formula is C31H38ClNO4. The number of nitrogens with zero attached hydrogens (tertiary/aromatic N) is 1. The van der Waals surface area contributed by atoms with Gasteiger partial charge in [-0.15, -0.1) is 0 Å². The van der Waals surface area contributed by atoms with E-state index < -0.39 is 0 Å². The molecule has 0 radical (unpaired) electrons. The van der Waals surface area contributed by atoms with Crippen molar-refractivity contribution in [2.75, 3.05) is 13.2 Å². The number of amides is 1. The maximum Gasteiger partial charge on any atom is 0.310 e. The molecule has 6 heteroatoms. The molecule has 2 aromatic carbocycles. The van der Waals surface area contributed by atoms with Gasteiger partial charge in [0.15, 0.2) is 0 Å². The molecule has 1 aliphatic carbocycles. The second-order valence-electron chi connectivity index (χ2n) is 10.8. The Labute approximate surface area is 225 Å². The molecule has 1 saturated carbocycles. The van der Waals surface area contributed by atoms with Gasteiger partial charge in [0.1, 0.15) is 5.75 Å². The van der Waals surface area contributed by atoms with E-state index in [0.717, 1.165) is 75.9 Å². The number of halogens is 1. The van der Waals surface area contributed by atoms with Crippen LogP contribution in [0.25, 0.3) is 11.1 Å². The first-order valence-electron chi connectivity index (χ1n) is 13.9. The number of benzene rings is 2. The van der Waals surface area contributed by atoms with Crippen molar-refractivity contribution < 1.29 is 19.1 Å². The summed E-state index contributed by atoms with van der Waals surface area (Å²) < 4.78 is 11.3. The molecule has 1 amide bonds. The number of carbonyl (C=O) groups is 2.